The zero-order valence-electron chi connectivity index (χ0n) is 5.95. The minimum absolute atomic E-state index is 0.134. The lowest BCUT2D eigenvalue weighted by Gasteiger charge is -1.98. The van der Waals surface area contributed by atoms with Gasteiger partial charge in [-0.3, -0.25) is 9.78 Å². The first kappa shape index (κ1) is 7.68. The van der Waals surface area contributed by atoms with Gasteiger partial charge >= 0.3 is 0 Å². The number of hydrogen-bond donors (Lipinski definition) is 2. The monoisotopic (exact) mass is 151 g/mol. The van der Waals surface area contributed by atoms with E-state index in [9.17, 15) is 4.79 Å². The Bertz CT molecular complexity index is 235. The van der Waals surface area contributed by atoms with E-state index in [-0.39, 0.29) is 12.6 Å². The SMILES string of the molecule is NCNC(=O)c1ccccn1. The van der Waals surface area contributed by atoms with Crippen LogP contribution in [0.3, 0.4) is 0 Å². The number of nitrogens with two attached hydrogens (primary N) is 1. The summed E-state index contributed by atoms with van der Waals surface area (Å²) in [5, 5.41) is 2.44. The van der Waals surface area contributed by atoms with Gasteiger partial charge in [-0.1, -0.05) is 6.07 Å². The third-order valence-corrected chi connectivity index (χ3v) is 1.16. The minimum atomic E-state index is -0.242. The van der Waals surface area contributed by atoms with Crippen LogP contribution in [0.4, 0.5) is 0 Å². The lowest BCUT2D eigenvalue weighted by Crippen LogP contribution is -2.29. The predicted molar refractivity (Wildman–Crippen MR) is 40.8 cm³/mol. The van der Waals surface area contributed by atoms with Crippen LogP contribution in [0.1, 0.15) is 10.5 Å². The van der Waals surface area contributed by atoms with Crippen LogP contribution in [0.15, 0.2) is 24.4 Å². The maximum absolute atomic E-state index is 11.0. The number of rotatable bonds is 2. The van der Waals surface area contributed by atoms with Crippen LogP contribution in [0.25, 0.3) is 0 Å². The molecule has 0 bridgehead atoms. The Morgan fingerprint density at radius 2 is 2.45 bits per heavy atom. The summed E-state index contributed by atoms with van der Waals surface area (Å²) >= 11 is 0. The van der Waals surface area contributed by atoms with E-state index in [4.69, 9.17) is 5.73 Å². The van der Waals surface area contributed by atoms with Crippen molar-refractivity contribution in [3.8, 4) is 0 Å². The first-order chi connectivity index (χ1) is 5.34. The van der Waals surface area contributed by atoms with Gasteiger partial charge in [-0.2, -0.15) is 0 Å². The lowest BCUT2D eigenvalue weighted by atomic mass is 10.3. The first-order valence-corrected chi connectivity index (χ1v) is 3.24. The number of carbonyl (C=O) groups is 1. The standard InChI is InChI=1S/C7H9N3O/c8-5-10-7(11)6-3-1-2-4-9-6/h1-4H,5,8H2,(H,10,11). The zero-order chi connectivity index (χ0) is 8.10. The number of pyridine rings is 1. The van der Waals surface area contributed by atoms with Crippen molar-refractivity contribution >= 4 is 5.91 Å². The molecule has 11 heavy (non-hydrogen) atoms. The molecule has 4 heteroatoms. The minimum Gasteiger partial charge on any atom is -0.338 e. The van der Waals surface area contributed by atoms with E-state index >= 15 is 0 Å². The molecule has 0 radical (unpaired) electrons. The van der Waals surface area contributed by atoms with E-state index in [2.05, 4.69) is 10.3 Å². The summed E-state index contributed by atoms with van der Waals surface area (Å²) in [4.78, 5) is 14.8. The van der Waals surface area contributed by atoms with E-state index in [1.165, 1.54) is 0 Å². The molecule has 1 heterocycles. The van der Waals surface area contributed by atoms with Gasteiger partial charge in [-0.25, -0.2) is 0 Å². The highest BCUT2D eigenvalue weighted by Crippen LogP contribution is 1.91. The molecule has 0 aliphatic carbocycles. The summed E-state index contributed by atoms with van der Waals surface area (Å²) in [6, 6.07) is 5.13. The van der Waals surface area contributed by atoms with E-state index < -0.39 is 0 Å². The molecule has 1 rings (SSSR count). The van der Waals surface area contributed by atoms with E-state index in [1.807, 2.05) is 0 Å². The van der Waals surface area contributed by atoms with E-state index in [1.54, 1.807) is 24.4 Å². The molecular formula is C7H9N3O. The average molecular weight is 151 g/mol. The van der Waals surface area contributed by atoms with Gasteiger partial charge in [0.05, 0.1) is 6.67 Å². The third-order valence-electron chi connectivity index (χ3n) is 1.16. The molecule has 4 nitrogen and oxygen atoms in total. The Kier molecular flexibility index (Phi) is 2.57. The van der Waals surface area contributed by atoms with Crippen molar-refractivity contribution in [3.63, 3.8) is 0 Å². The van der Waals surface area contributed by atoms with Gasteiger partial charge in [0, 0.05) is 6.20 Å². The molecule has 0 aliphatic rings. The molecule has 0 aromatic carbocycles. The van der Waals surface area contributed by atoms with Crippen molar-refractivity contribution < 1.29 is 4.79 Å². The third kappa shape index (κ3) is 2.01. The van der Waals surface area contributed by atoms with Gasteiger partial charge in [-0.05, 0) is 12.1 Å². The fourth-order valence-corrected chi connectivity index (χ4v) is 0.680. The number of nitrogens with zero attached hydrogens (tertiary/aromatic N) is 1. The highest BCUT2D eigenvalue weighted by Gasteiger charge is 2.01. The highest BCUT2D eigenvalue weighted by atomic mass is 16.1. The van der Waals surface area contributed by atoms with Crippen LogP contribution >= 0.6 is 0 Å². The quantitative estimate of drug-likeness (QED) is 0.571. The fourth-order valence-electron chi connectivity index (χ4n) is 0.680. The van der Waals surface area contributed by atoms with Gasteiger partial charge in [-0.15, -0.1) is 0 Å². The van der Waals surface area contributed by atoms with Gasteiger partial charge in [0.1, 0.15) is 5.69 Å². The van der Waals surface area contributed by atoms with Crippen molar-refractivity contribution in [3.05, 3.63) is 30.1 Å². The number of aromatic nitrogens is 1. The predicted octanol–water partition coefficient (Wildman–Crippen LogP) is -0.272. The Labute approximate surface area is 64.4 Å². The molecule has 0 saturated heterocycles. The van der Waals surface area contributed by atoms with Crippen molar-refractivity contribution in [2.24, 2.45) is 5.73 Å². The maximum Gasteiger partial charge on any atom is 0.270 e. The molecule has 1 amide bonds. The second-order valence-corrected chi connectivity index (χ2v) is 1.93. The Balaban J connectivity index is 2.69. The van der Waals surface area contributed by atoms with Crippen molar-refractivity contribution in [1.29, 1.82) is 0 Å². The smallest absolute Gasteiger partial charge is 0.270 e. The Morgan fingerprint density at radius 1 is 1.64 bits per heavy atom. The van der Waals surface area contributed by atoms with E-state index in [0.717, 1.165) is 0 Å². The van der Waals surface area contributed by atoms with Gasteiger partial charge in [0.2, 0.25) is 0 Å². The molecule has 58 valence electrons. The van der Waals surface area contributed by atoms with Crippen LogP contribution in [-0.4, -0.2) is 17.6 Å². The molecule has 0 saturated carbocycles. The fraction of sp³-hybridized carbons (Fsp3) is 0.143. The summed E-state index contributed by atoms with van der Waals surface area (Å²) in [6.45, 7) is 0.134. The summed E-state index contributed by atoms with van der Waals surface area (Å²) in [6.07, 6.45) is 1.56. The van der Waals surface area contributed by atoms with Crippen LogP contribution in [0.2, 0.25) is 0 Å². The number of amides is 1. The van der Waals surface area contributed by atoms with Crippen molar-refractivity contribution in [2.45, 2.75) is 0 Å². The van der Waals surface area contributed by atoms with Gasteiger partial charge < -0.3 is 11.1 Å². The summed E-state index contributed by atoms with van der Waals surface area (Å²) in [5.74, 6) is -0.242. The largest absolute Gasteiger partial charge is 0.338 e. The highest BCUT2D eigenvalue weighted by molar-refractivity contribution is 5.92. The summed E-state index contributed by atoms with van der Waals surface area (Å²) < 4.78 is 0. The zero-order valence-corrected chi connectivity index (χ0v) is 5.95. The normalized spacial score (nSPS) is 9.18. The average Bonchev–Trinajstić information content (AvgIpc) is 2.07. The molecule has 0 spiro atoms. The molecule has 1 aromatic rings. The Morgan fingerprint density at radius 3 is 3.00 bits per heavy atom. The van der Waals surface area contributed by atoms with Gasteiger partial charge in [0.25, 0.3) is 5.91 Å². The van der Waals surface area contributed by atoms with Crippen LogP contribution in [0.5, 0.6) is 0 Å². The topological polar surface area (TPSA) is 68.0 Å². The first-order valence-electron chi connectivity index (χ1n) is 3.24. The molecule has 0 unspecified atom stereocenters. The van der Waals surface area contributed by atoms with Crippen LogP contribution in [-0.2, 0) is 0 Å². The number of carbonyl (C=O) groups excluding carboxylic acids is 1. The van der Waals surface area contributed by atoms with Gasteiger partial charge in [0.15, 0.2) is 0 Å². The number of nitrogens with one attached hydrogen (secondary N) is 1. The maximum atomic E-state index is 11.0. The molecule has 0 fully saturated rings. The van der Waals surface area contributed by atoms with Crippen molar-refractivity contribution in [1.82, 2.24) is 10.3 Å². The summed E-state index contributed by atoms with van der Waals surface area (Å²) in [5.41, 5.74) is 5.49. The number of hydrogen-bond acceptors (Lipinski definition) is 3. The Hall–Kier alpha value is -1.42. The molecule has 1 aromatic heterocycles. The van der Waals surface area contributed by atoms with Crippen LogP contribution < -0.4 is 11.1 Å². The molecule has 0 atom stereocenters. The molecule has 0 aliphatic heterocycles. The molecule has 3 N–H and O–H groups in total. The lowest BCUT2D eigenvalue weighted by molar-refractivity contribution is 0.0950. The molecular weight excluding hydrogens is 142 g/mol. The van der Waals surface area contributed by atoms with E-state index in [0.29, 0.717) is 5.69 Å². The van der Waals surface area contributed by atoms with Crippen LogP contribution in [0, 0.1) is 0 Å². The second-order valence-electron chi connectivity index (χ2n) is 1.93. The summed E-state index contributed by atoms with van der Waals surface area (Å²) in [7, 11) is 0. The second kappa shape index (κ2) is 3.68. The van der Waals surface area contributed by atoms with Crippen molar-refractivity contribution in [2.75, 3.05) is 6.67 Å².